The second kappa shape index (κ2) is 9.86. The van der Waals surface area contributed by atoms with Crippen LogP contribution in [0.5, 0.6) is 0 Å². The number of benzene rings is 2. The van der Waals surface area contributed by atoms with Gasteiger partial charge in [-0.3, -0.25) is 9.69 Å². The van der Waals surface area contributed by atoms with Crippen molar-refractivity contribution >= 4 is 5.91 Å². The van der Waals surface area contributed by atoms with Crippen LogP contribution in [0.25, 0.3) is 0 Å². The molecular formula is C24H22FN3O3. The summed E-state index contributed by atoms with van der Waals surface area (Å²) in [5.74, 6) is 0.451. The van der Waals surface area contributed by atoms with E-state index >= 15 is 0 Å². The lowest BCUT2D eigenvalue weighted by Gasteiger charge is -2.21. The van der Waals surface area contributed by atoms with E-state index in [4.69, 9.17) is 8.83 Å². The summed E-state index contributed by atoms with van der Waals surface area (Å²) in [5, 5.41) is 2.74. The Morgan fingerprint density at radius 3 is 2.52 bits per heavy atom. The number of rotatable bonds is 9. The average Bonchev–Trinajstić information content (AvgIpc) is 3.45. The zero-order valence-electron chi connectivity index (χ0n) is 16.8. The molecule has 7 heteroatoms. The maximum Gasteiger partial charge on any atom is 0.273 e. The molecule has 0 fully saturated rings. The molecule has 1 N–H and O–H groups in total. The van der Waals surface area contributed by atoms with Gasteiger partial charge in [0.2, 0.25) is 5.89 Å². The molecule has 0 radical (unpaired) electrons. The summed E-state index contributed by atoms with van der Waals surface area (Å²) < 4.78 is 24.4. The Morgan fingerprint density at radius 1 is 0.935 bits per heavy atom. The van der Waals surface area contributed by atoms with Crippen molar-refractivity contribution < 1.29 is 18.0 Å². The number of amides is 1. The first-order valence-corrected chi connectivity index (χ1v) is 9.91. The fourth-order valence-corrected chi connectivity index (χ4v) is 3.25. The lowest BCUT2D eigenvalue weighted by atomic mass is 10.1. The van der Waals surface area contributed by atoms with Crippen LogP contribution in [0.3, 0.4) is 0 Å². The fourth-order valence-electron chi connectivity index (χ4n) is 3.25. The van der Waals surface area contributed by atoms with Crippen LogP contribution < -0.4 is 5.32 Å². The number of carbonyl (C=O) groups excluding carboxylic acids is 1. The summed E-state index contributed by atoms with van der Waals surface area (Å²) in [6.45, 7) is 1.78. The number of nitrogens with zero attached hydrogens (tertiary/aromatic N) is 2. The maximum atomic E-state index is 13.6. The number of oxazole rings is 1. The normalized spacial score (nSPS) is 11.0. The van der Waals surface area contributed by atoms with Crippen LogP contribution >= 0.6 is 0 Å². The Labute approximate surface area is 179 Å². The van der Waals surface area contributed by atoms with Gasteiger partial charge < -0.3 is 14.2 Å². The van der Waals surface area contributed by atoms with Gasteiger partial charge in [0.25, 0.3) is 5.91 Å². The number of furan rings is 1. The van der Waals surface area contributed by atoms with Gasteiger partial charge in [-0.1, -0.05) is 42.5 Å². The van der Waals surface area contributed by atoms with Crippen LogP contribution in [0.15, 0.2) is 88.1 Å². The molecule has 0 bridgehead atoms. The lowest BCUT2D eigenvalue weighted by molar-refractivity contribution is 0.0943. The molecule has 0 saturated heterocycles. The Morgan fingerprint density at radius 2 is 1.74 bits per heavy atom. The zero-order valence-corrected chi connectivity index (χ0v) is 16.8. The van der Waals surface area contributed by atoms with Gasteiger partial charge >= 0.3 is 0 Å². The van der Waals surface area contributed by atoms with E-state index in [0.717, 1.165) is 11.1 Å². The van der Waals surface area contributed by atoms with Gasteiger partial charge in [-0.2, -0.15) is 0 Å². The summed E-state index contributed by atoms with van der Waals surface area (Å²) in [6.07, 6.45) is 2.89. The molecule has 2 aromatic heterocycles. The molecule has 1 amide bonds. The molecule has 31 heavy (non-hydrogen) atoms. The number of halogens is 1. The molecule has 0 unspecified atom stereocenters. The first-order valence-electron chi connectivity index (χ1n) is 9.91. The summed E-state index contributed by atoms with van der Waals surface area (Å²) in [6, 6.07) is 20.0. The largest absolute Gasteiger partial charge is 0.467 e. The average molecular weight is 419 g/mol. The van der Waals surface area contributed by atoms with Crippen LogP contribution in [-0.2, 0) is 26.2 Å². The van der Waals surface area contributed by atoms with Crippen molar-refractivity contribution in [3.05, 3.63) is 114 Å². The number of hydrogen-bond donors (Lipinski definition) is 1. The van der Waals surface area contributed by atoms with Crippen molar-refractivity contribution in [3.63, 3.8) is 0 Å². The molecule has 0 spiro atoms. The van der Waals surface area contributed by atoms with Gasteiger partial charge in [0.15, 0.2) is 5.69 Å². The van der Waals surface area contributed by atoms with Crippen LogP contribution in [-0.4, -0.2) is 15.8 Å². The monoisotopic (exact) mass is 419 g/mol. The van der Waals surface area contributed by atoms with Crippen LogP contribution in [0.4, 0.5) is 4.39 Å². The van der Waals surface area contributed by atoms with E-state index in [9.17, 15) is 9.18 Å². The second-order valence-electron chi connectivity index (χ2n) is 7.15. The first kappa shape index (κ1) is 20.6. The minimum Gasteiger partial charge on any atom is -0.467 e. The molecule has 4 rings (SSSR count). The third-order valence-electron chi connectivity index (χ3n) is 4.69. The topological polar surface area (TPSA) is 71.5 Å². The zero-order chi connectivity index (χ0) is 21.5. The van der Waals surface area contributed by atoms with Crippen molar-refractivity contribution in [2.75, 3.05) is 0 Å². The van der Waals surface area contributed by atoms with Crippen LogP contribution in [0.1, 0.15) is 33.3 Å². The summed E-state index contributed by atoms with van der Waals surface area (Å²) in [5.41, 5.74) is 2.16. The minimum absolute atomic E-state index is 0.201. The van der Waals surface area contributed by atoms with Gasteiger partial charge in [0.05, 0.1) is 19.4 Å². The van der Waals surface area contributed by atoms with E-state index in [2.05, 4.69) is 15.2 Å². The number of aromatic nitrogens is 1. The standard InChI is InChI=1S/C24H22FN3O3/c25-20-9-4-8-19(12-20)15-28(14-18-6-2-1-3-7-18)16-23-27-22(17-31-23)24(29)26-13-21-10-5-11-30-21/h1-12,17H,13-16H2,(H,26,29). The molecule has 6 nitrogen and oxygen atoms in total. The lowest BCUT2D eigenvalue weighted by Crippen LogP contribution is -2.24. The second-order valence-corrected chi connectivity index (χ2v) is 7.15. The van der Waals surface area contributed by atoms with E-state index in [-0.39, 0.29) is 24.0 Å². The van der Waals surface area contributed by atoms with E-state index in [1.807, 2.05) is 36.4 Å². The van der Waals surface area contributed by atoms with Gasteiger partial charge in [-0.05, 0) is 35.4 Å². The third-order valence-corrected chi connectivity index (χ3v) is 4.69. The smallest absolute Gasteiger partial charge is 0.273 e. The number of nitrogens with one attached hydrogen (secondary N) is 1. The van der Waals surface area contributed by atoms with Gasteiger partial charge in [0, 0.05) is 13.1 Å². The quantitative estimate of drug-likeness (QED) is 0.431. The highest BCUT2D eigenvalue weighted by Gasteiger charge is 2.16. The molecule has 0 atom stereocenters. The molecule has 2 heterocycles. The molecule has 2 aromatic carbocycles. The highest BCUT2D eigenvalue weighted by molar-refractivity contribution is 5.91. The number of carbonyl (C=O) groups is 1. The van der Waals surface area contributed by atoms with Crippen molar-refractivity contribution in [2.24, 2.45) is 0 Å². The molecule has 0 saturated carbocycles. The molecule has 0 aliphatic rings. The maximum absolute atomic E-state index is 13.6. The van der Waals surface area contributed by atoms with Crippen molar-refractivity contribution in [2.45, 2.75) is 26.2 Å². The van der Waals surface area contributed by atoms with Crippen molar-refractivity contribution in [1.29, 1.82) is 0 Å². The molecular weight excluding hydrogens is 397 g/mol. The van der Waals surface area contributed by atoms with Crippen molar-refractivity contribution in [1.82, 2.24) is 15.2 Å². The van der Waals surface area contributed by atoms with Crippen molar-refractivity contribution in [3.8, 4) is 0 Å². The van der Waals surface area contributed by atoms with Gasteiger partial charge in [-0.25, -0.2) is 9.37 Å². The summed E-state index contributed by atoms with van der Waals surface area (Å²) in [4.78, 5) is 18.7. The minimum atomic E-state index is -0.342. The highest BCUT2D eigenvalue weighted by Crippen LogP contribution is 2.15. The van der Waals surface area contributed by atoms with E-state index in [0.29, 0.717) is 31.3 Å². The van der Waals surface area contributed by atoms with E-state index < -0.39 is 0 Å². The Hall–Kier alpha value is -3.71. The van der Waals surface area contributed by atoms with Crippen LogP contribution in [0, 0.1) is 5.82 Å². The predicted molar refractivity (Wildman–Crippen MR) is 112 cm³/mol. The van der Waals surface area contributed by atoms with E-state index in [1.54, 1.807) is 24.5 Å². The fraction of sp³-hybridized carbons (Fsp3) is 0.167. The van der Waals surface area contributed by atoms with Crippen LogP contribution in [0.2, 0.25) is 0 Å². The molecule has 0 aliphatic carbocycles. The summed E-state index contributed by atoms with van der Waals surface area (Å²) >= 11 is 0. The Kier molecular flexibility index (Phi) is 6.54. The third kappa shape index (κ3) is 5.90. The predicted octanol–water partition coefficient (Wildman–Crippen LogP) is 4.54. The summed E-state index contributed by atoms with van der Waals surface area (Å²) in [7, 11) is 0. The van der Waals surface area contributed by atoms with Gasteiger partial charge in [0.1, 0.15) is 17.8 Å². The molecule has 4 aromatic rings. The SMILES string of the molecule is O=C(NCc1ccco1)c1coc(CN(Cc2ccccc2)Cc2cccc(F)c2)n1. The number of hydrogen-bond acceptors (Lipinski definition) is 5. The van der Waals surface area contributed by atoms with Gasteiger partial charge in [-0.15, -0.1) is 0 Å². The highest BCUT2D eigenvalue weighted by atomic mass is 19.1. The first-order chi connectivity index (χ1) is 15.2. The Balaban J connectivity index is 1.44. The Bertz CT molecular complexity index is 1110. The molecule has 158 valence electrons. The molecule has 0 aliphatic heterocycles. The van der Waals surface area contributed by atoms with E-state index in [1.165, 1.54) is 18.4 Å².